The zero-order valence-corrected chi connectivity index (χ0v) is 10.1. The molecule has 1 amide bonds. The minimum atomic E-state index is 0.0508. The molecule has 1 aliphatic heterocycles. The standard InChI is InChI=1S/C11H22N2O3/c1-9(8-15-2)12-7-11(14)13-10-3-5-16-6-4-10/h9-10,12H,3-8H2,1-2H3,(H,13,14). The van der Waals surface area contributed by atoms with Crippen LogP contribution >= 0.6 is 0 Å². The molecule has 1 heterocycles. The van der Waals surface area contributed by atoms with Crippen molar-refractivity contribution in [2.75, 3.05) is 33.5 Å². The van der Waals surface area contributed by atoms with Crippen LogP contribution in [0.3, 0.4) is 0 Å². The van der Waals surface area contributed by atoms with Gasteiger partial charge in [-0.3, -0.25) is 4.79 Å². The van der Waals surface area contributed by atoms with Gasteiger partial charge in [-0.15, -0.1) is 0 Å². The van der Waals surface area contributed by atoms with Gasteiger partial charge in [-0.2, -0.15) is 0 Å². The molecule has 5 heteroatoms. The molecule has 0 aromatic carbocycles. The van der Waals surface area contributed by atoms with Crippen LogP contribution in [0.4, 0.5) is 0 Å². The summed E-state index contributed by atoms with van der Waals surface area (Å²) in [6, 6.07) is 0.478. The molecule has 0 aromatic heterocycles. The van der Waals surface area contributed by atoms with E-state index in [1.807, 2.05) is 6.92 Å². The van der Waals surface area contributed by atoms with E-state index in [0.717, 1.165) is 26.1 Å². The number of hydrogen-bond donors (Lipinski definition) is 2. The van der Waals surface area contributed by atoms with Crippen LogP contribution in [0.25, 0.3) is 0 Å². The van der Waals surface area contributed by atoms with Crippen LogP contribution in [0.1, 0.15) is 19.8 Å². The number of rotatable bonds is 6. The fourth-order valence-corrected chi connectivity index (χ4v) is 1.70. The first-order valence-corrected chi connectivity index (χ1v) is 5.81. The number of methoxy groups -OCH3 is 1. The third-order valence-electron chi connectivity index (χ3n) is 2.61. The first-order chi connectivity index (χ1) is 7.72. The van der Waals surface area contributed by atoms with E-state index in [9.17, 15) is 4.79 Å². The van der Waals surface area contributed by atoms with Crippen molar-refractivity contribution in [3.8, 4) is 0 Å². The van der Waals surface area contributed by atoms with E-state index in [2.05, 4.69) is 10.6 Å². The third kappa shape index (κ3) is 5.44. The van der Waals surface area contributed by atoms with Gasteiger partial charge in [0.2, 0.25) is 5.91 Å². The summed E-state index contributed by atoms with van der Waals surface area (Å²) in [6.45, 7) is 4.45. The molecule has 0 radical (unpaired) electrons. The zero-order chi connectivity index (χ0) is 11.8. The predicted octanol–water partition coefficient (Wildman–Crippen LogP) is -0.0939. The molecule has 0 saturated carbocycles. The first-order valence-electron chi connectivity index (χ1n) is 5.81. The van der Waals surface area contributed by atoms with Crippen molar-refractivity contribution in [1.29, 1.82) is 0 Å². The van der Waals surface area contributed by atoms with Crippen molar-refractivity contribution >= 4 is 5.91 Å². The highest BCUT2D eigenvalue weighted by Gasteiger charge is 2.15. The molecule has 5 nitrogen and oxygen atoms in total. The van der Waals surface area contributed by atoms with Gasteiger partial charge < -0.3 is 20.1 Å². The van der Waals surface area contributed by atoms with E-state index < -0.39 is 0 Å². The number of amides is 1. The fourth-order valence-electron chi connectivity index (χ4n) is 1.70. The van der Waals surface area contributed by atoms with Crippen LogP contribution in [0.5, 0.6) is 0 Å². The SMILES string of the molecule is COCC(C)NCC(=O)NC1CCOCC1. The summed E-state index contributed by atoms with van der Waals surface area (Å²) in [6.07, 6.45) is 1.83. The second kappa shape index (κ2) is 7.60. The lowest BCUT2D eigenvalue weighted by Crippen LogP contribution is -2.45. The summed E-state index contributed by atoms with van der Waals surface area (Å²) >= 11 is 0. The summed E-state index contributed by atoms with van der Waals surface area (Å²) in [5.74, 6) is 0.0508. The average Bonchev–Trinajstić information content (AvgIpc) is 2.28. The lowest BCUT2D eigenvalue weighted by atomic mass is 10.1. The molecule has 0 aliphatic carbocycles. The highest BCUT2D eigenvalue weighted by molar-refractivity contribution is 5.78. The Morgan fingerprint density at radius 2 is 2.19 bits per heavy atom. The number of nitrogens with one attached hydrogen (secondary N) is 2. The van der Waals surface area contributed by atoms with E-state index in [1.165, 1.54) is 0 Å². The Morgan fingerprint density at radius 3 is 2.81 bits per heavy atom. The summed E-state index contributed by atoms with van der Waals surface area (Å²) in [5, 5.41) is 6.10. The van der Waals surface area contributed by atoms with Crippen molar-refractivity contribution in [2.45, 2.75) is 31.8 Å². The minimum Gasteiger partial charge on any atom is -0.383 e. The van der Waals surface area contributed by atoms with Crippen molar-refractivity contribution < 1.29 is 14.3 Å². The van der Waals surface area contributed by atoms with Gasteiger partial charge in [-0.25, -0.2) is 0 Å². The van der Waals surface area contributed by atoms with Crippen molar-refractivity contribution in [3.05, 3.63) is 0 Å². The van der Waals surface area contributed by atoms with Crippen LogP contribution in [-0.2, 0) is 14.3 Å². The molecule has 1 saturated heterocycles. The smallest absolute Gasteiger partial charge is 0.234 e. The largest absolute Gasteiger partial charge is 0.383 e. The molecule has 0 bridgehead atoms. The molecule has 94 valence electrons. The molecule has 1 unspecified atom stereocenters. The van der Waals surface area contributed by atoms with Crippen LogP contribution < -0.4 is 10.6 Å². The third-order valence-corrected chi connectivity index (χ3v) is 2.61. The van der Waals surface area contributed by atoms with Crippen LogP contribution in [0.15, 0.2) is 0 Å². The first kappa shape index (κ1) is 13.4. The predicted molar refractivity (Wildman–Crippen MR) is 61.3 cm³/mol. The van der Waals surface area contributed by atoms with Crippen molar-refractivity contribution in [2.24, 2.45) is 0 Å². The van der Waals surface area contributed by atoms with E-state index in [-0.39, 0.29) is 18.0 Å². The maximum absolute atomic E-state index is 11.6. The van der Waals surface area contributed by atoms with Crippen molar-refractivity contribution in [1.82, 2.24) is 10.6 Å². The van der Waals surface area contributed by atoms with Crippen LogP contribution in [-0.4, -0.2) is 51.5 Å². The minimum absolute atomic E-state index is 0.0508. The molecule has 1 atom stereocenters. The average molecular weight is 230 g/mol. The Balaban J connectivity index is 2.10. The lowest BCUT2D eigenvalue weighted by molar-refractivity contribution is -0.121. The van der Waals surface area contributed by atoms with Gasteiger partial charge in [-0.05, 0) is 19.8 Å². The Labute approximate surface area is 96.9 Å². The van der Waals surface area contributed by atoms with Gasteiger partial charge in [0.15, 0.2) is 0 Å². The Morgan fingerprint density at radius 1 is 1.50 bits per heavy atom. The monoisotopic (exact) mass is 230 g/mol. The summed E-state index contributed by atoms with van der Waals surface area (Å²) in [5.41, 5.74) is 0. The molecular formula is C11H22N2O3. The van der Waals surface area contributed by atoms with E-state index in [0.29, 0.717) is 13.2 Å². The van der Waals surface area contributed by atoms with Gasteiger partial charge in [-0.1, -0.05) is 0 Å². The normalized spacial score (nSPS) is 19.4. The Bertz CT molecular complexity index is 205. The highest BCUT2D eigenvalue weighted by Crippen LogP contribution is 2.05. The molecule has 0 spiro atoms. The maximum atomic E-state index is 11.6. The summed E-state index contributed by atoms with van der Waals surface area (Å²) in [7, 11) is 1.65. The lowest BCUT2D eigenvalue weighted by Gasteiger charge is -2.23. The highest BCUT2D eigenvalue weighted by atomic mass is 16.5. The van der Waals surface area contributed by atoms with Crippen LogP contribution in [0, 0.1) is 0 Å². The quantitative estimate of drug-likeness (QED) is 0.669. The topological polar surface area (TPSA) is 59.6 Å². The van der Waals surface area contributed by atoms with Crippen LogP contribution in [0.2, 0.25) is 0 Å². The van der Waals surface area contributed by atoms with Gasteiger partial charge in [0, 0.05) is 32.4 Å². The van der Waals surface area contributed by atoms with Crippen molar-refractivity contribution in [3.63, 3.8) is 0 Å². The molecule has 1 fully saturated rings. The second-order valence-electron chi connectivity index (χ2n) is 4.19. The second-order valence-corrected chi connectivity index (χ2v) is 4.19. The molecule has 0 aromatic rings. The van der Waals surface area contributed by atoms with Gasteiger partial charge in [0.05, 0.1) is 13.2 Å². The summed E-state index contributed by atoms with van der Waals surface area (Å²) in [4.78, 5) is 11.6. The van der Waals surface area contributed by atoms with Gasteiger partial charge in [0.25, 0.3) is 0 Å². The number of ether oxygens (including phenoxy) is 2. The number of hydrogen-bond acceptors (Lipinski definition) is 4. The summed E-state index contributed by atoms with van der Waals surface area (Å²) < 4.78 is 10.2. The van der Waals surface area contributed by atoms with Gasteiger partial charge in [0.1, 0.15) is 0 Å². The molecule has 1 rings (SSSR count). The Hall–Kier alpha value is -0.650. The number of carbonyl (C=O) groups excluding carboxylic acids is 1. The molecule has 1 aliphatic rings. The maximum Gasteiger partial charge on any atom is 0.234 e. The van der Waals surface area contributed by atoms with E-state index in [4.69, 9.17) is 9.47 Å². The zero-order valence-electron chi connectivity index (χ0n) is 10.1. The number of carbonyl (C=O) groups is 1. The molecule has 2 N–H and O–H groups in total. The van der Waals surface area contributed by atoms with Gasteiger partial charge >= 0.3 is 0 Å². The fraction of sp³-hybridized carbons (Fsp3) is 0.909. The Kier molecular flexibility index (Phi) is 6.37. The molecular weight excluding hydrogens is 208 g/mol. The van der Waals surface area contributed by atoms with E-state index in [1.54, 1.807) is 7.11 Å². The molecule has 16 heavy (non-hydrogen) atoms. The van der Waals surface area contributed by atoms with E-state index >= 15 is 0 Å².